The van der Waals surface area contributed by atoms with Crippen molar-refractivity contribution in [2.75, 3.05) is 18.4 Å². The summed E-state index contributed by atoms with van der Waals surface area (Å²) in [5, 5.41) is 4.24. The fraction of sp³-hybridized carbons (Fsp3) is 0.429. The van der Waals surface area contributed by atoms with E-state index >= 15 is 0 Å². The second-order valence-corrected chi connectivity index (χ2v) is 10.6. The first kappa shape index (κ1) is 22.3. The molecule has 0 spiro atoms. The van der Waals surface area contributed by atoms with E-state index in [0.29, 0.717) is 0 Å². The number of likely N-dealkylation sites (tertiary alicyclic amines) is 1. The van der Waals surface area contributed by atoms with Gasteiger partial charge in [0.25, 0.3) is 0 Å². The number of carbonyl (C=O) groups excluding carboxylic acids is 1. The van der Waals surface area contributed by atoms with Crippen molar-refractivity contribution in [1.82, 2.24) is 9.88 Å². The van der Waals surface area contributed by atoms with E-state index in [2.05, 4.69) is 51.6 Å². The second kappa shape index (κ2) is 10.2. The molecule has 0 radical (unpaired) electrons. The number of piperidine rings is 1. The van der Waals surface area contributed by atoms with Crippen LogP contribution in [0.25, 0.3) is 0 Å². The Bertz CT molecular complexity index is 1070. The molecule has 1 amide bonds. The van der Waals surface area contributed by atoms with Gasteiger partial charge in [0.15, 0.2) is 0 Å². The summed E-state index contributed by atoms with van der Waals surface area (Å²) >= 11 is 1.80. The number of benzene rings is 1. The van der Waals surface area contributed by atoms with Crippen LogP contribution >= 0.6 is 11.3 Å². The molecule has 3 heterocycles. The first-order valence-electron chi connectivity index (χ1n) is 12.3. The molecule has 4 nitrogen and oxygen atoms in total. The van der Waals surface area contributed by atoms with Gasteiger partial charge in [0, 0.05) is 29.8 Å². The van der Waals surface area contributed by atoms with E-state index in [1.807, 2.05) is 18.5 Å². The molecular weight excluding hydrogens is 426 g/mol. The molecule has 1 atom stereocenters. The number of carbonyl (C=O) groups is 1. The molecule has 1 fully saturated rings. The van der Waals surface area contributed by atoms with E-state index < -0.39 is 0 Å². The molecule has 172 valence electrons. The maximum atomic E-state index is 12.1. The summed E-state index contributed by atoms with van der Waals surface area (Å²) in [5.41, 5.74) is 5.49. The smallest absolute Gasteiger partial charge is 0.221 e. The summed E-state index contributed by atoms with van der Waals surface area (Å²) in [6.07, 6.45) is 12.2. The molecule has 0 bridgehead atoms. The molecular formula is C28H33N3OS. The van der Waals surface area contributed by atoms with Gasteiger partial charge in [0.1, 0.15) is 5.00 Å². The summed E-state index contributed by atoms with van der Waals surface area (Å²) in [5.74, 6) is 0.741. The van der Waals surface area contributed by atoms with E-state index in [1.165, 1.54) is 52.8 Å². The van der Waals surface area contributed by atoms with Gasteiger partial charge in [-0.05, 0) is 86.7 Å². The van der Waals surface area contributed by atoms with Gasteiger partial charge < -0.3 is 5.32 Å². The van der Waals surface area contributed by atoms with Crippen LogP contribution in [0.3, 0.4) is 0 Å². The highest BCUT2D eigenvalue weighted by atomic mass is 32.1. The summed E-state index contributed by atoms with van der Waals surface area (Å²) in [7, 11) is 0. The zero-order valence-electron chi connectivity index (χ0n) is 19.4. The normalized spacial score (nSPS) is 18.0. The molecule has 5 heteroatoms. The van der Waals surface area contributed by atoms with Gasteiger partial charge in [-0.3, -0.25) is 14.7 Å². The highest BCUT2D eigenvalue weighted by molar-refractivity contribution is 7.16. The fourth-order valence-electron chi connectivity index (χ4n) is 5.59. The fourth-order valence-corrected chi connectivity index (χ4v) is 6.96. The van der Waals surface area contributed by atoms with Crippen molar-refractivity contribution in [3.05, 3.63) is 82.0 Å². The van der Waals surface area contributed by atoms with Crippen molar-refractivity contribution in [3.63, 3.8) is 0 Å². The Labute approximate surface area is 201 Å². The first-order valence-corrected chi connectivity index (χ1v) is 13.1. The number of amides is 1. The van der Waals surface area contributed by atoms with Crippen LogP contribution in [0.15, 0.2) is 54.9 Å². The zero-order chi connectivity index (χ0) is 22.6. The van der Waals surface area contributed by atoms with Crippen LogP contribution in [0.2, 0.25) is 0 Å². The van der Waals surface area contributed by atoms with Gasteiger partial charge in [0.2, 0.25) is 5.91 Å². The van der Waals surface area contributed by atoms with Crippen molar-refractivity contribution < 1.29 is 4.79 Å². The predicted molar refractivity (Wildman–Crippen MR) is 136 cm³/mol. The highest BCUT2D eigenvalue weighted by Gasteiger charge is 2.34. The molecule has 5 rings (SSSR count). The molecule has 2 aromatic heterocycles. The predicted octanol–water partition coefficient (Wildman–Crippen LogP) is 6.02. The molecule has 1 unspecified atom stereocenters. The van der Waals surface area contributed by atoms with Crippen LogP contribution in [0.5, 0.6) is 0 Å². The number of aromatic nitrogens is 1. The number of hydrogen-bond acceptors (Lipinski definition) is 4. The Hall–Kier alpha value is -2.50. The van der Waals surface area contributed by atoms with E-state index in [4.69, 9.17) is 0 Å². The quantitative estimate of drug-likeness (QED) is 0.490. The highest BCUT2D eigenvalue weighted by Crippen LogP contribution is 2.46. The first-order chi connectivity index (χ1) is 16.2. The van der Waals surface area contributed by atoms with Gasteiger partial charge in [-0.25, -0.2) is 0 Å². The number of fused-ring (bicyclic) bond motifs is 1. The number of hydrogen-bond donors (Lipinski definition) is 1. The number of nitrogens with zero attached hydrogens (tertiary/aromatic N) is 2. The van der Waals surface area contributed by atoms with Crippen molar-refractivity contribution in [1.29, 1.82) is 0 Å². The Morgan fingerprint density at radius 3 is 2.64 bits per heavy atom. The SMILES string of the molecule is CC(=O)Nc1sc2c(c1C(c1cccnc1)N1CCC(Cc3ccccc3)CC1)CCCC2. The van der Waals surface area contributed by atoms with Crippen molar-refractivity contribution >= 4 is 22.2 Å². The third-order valence-corrected chi connectivity index (χ3v) is 8.38. The van der Waals surface area contributed by atoms with Crippen LogP contribution in [0, 0.1) is 5.92 Å². The minimum absolute atomic E-state index is 0.0151. The third kappa shape index (κ3) is 5.04. The molecule has 1 aliphatic heterocycles. The lowest BCUT2D eigenvalue weighted by atomic mass is 9.86. The lowest BCUT2D eigenvalue weighted by Crippen LogP contribution is -2.38. The van der Waals surface area contributed by atoms with Crippen molar-refractivity contribution in [3.8, 4) is 0 Å². The topological polar surface area (TPSA) is 45.2 Å². The third-order valence-electron chi connectivity index (χ3n) is 7.16. The summed E-state index contributed by atoms with van der Waals surface area (Å²) in [4.78, 5) is 20.7. The Morgan fingerprint density at radius 1 is 1.12 bits per heavy atom. The van der Waals surface area contributed by atoms with Crippen LogP contribution in [-0.4, -0.2) is 28.9 Å². The Morgan fingerprint density at radius 2 is 1.91 bits per heavy atom. The monoisotopic (exact) mass is 459 g/mol. The molecule has 0 saturated carbocycles. The van der Waals surface area contributed by atoms with Crippen LogP contribution in [0.1, 0.15) is 65.8 Å². The molecule has 2 aliphatic rings. The Balaban J connectivity index is 1.45. The molecule has 3 aromatic rings. The van der Waals surface area contributed by atoms with Crippen LogP contribution < -0.4 is 5.32 Å². The zero-order valence-corrected chi connectivity index (χ0v) is 20.2. The largest absolute Gasteiger partial charge is 0.318 e. The van der Waals surface area contributed by atoms with Gasteiger partial charge in [0.05, 0.1) is 6.04 Å². The number of anilines is 1. The molecule has 33 heavy (non-hydrogen) atoms. The minimum Gasteiger partial charge on any atom is -0.318 e. The Kier molecular flexibility index (Phi) is 6.88. The molecule has 1 aliphatic carbocycles. The molecule has 1 saturated heterocycles. The van der Waals surface area contributed by atoms with E-state index in [9.17, 15) is 4.79 Å². The number of pyridine rings is 1. The maximum absolute atomic E-state index is 12.1. The van der Waals surface area contributed by atoms with Gasteiger partial charge >= 0.3 is 0 Å². The van der Waals surface area contributed by atoms with Crippen LogP contribution in [-0.2, 0) is 24.1 Å². The number of rotatable bonds is 6. The van der Waals surface area contributed by atoms with E-state index in [0.717, 1.165) is 43.3 Å². The number of thiophene rings is 1. The minimum atomic E-state index is 0.0151. The van der Waals surface area contributed by atoms with E-state index in [-0.39, 0.29) is 11.9 Å². The average molecular weight is 460 g/mol. The van der Waals surface area contributed by atoms with Crippen molar-refractivity contribution in [2.45, 2.75) is 57.9 Å². The second-order valence-electron chi connectivity index (χ2n) is 9.49. The van der Waals surface area contributed by atoms with Gasteiger partial charge in [-0.1, -0.05) is 36.4 Å². The van der Waals surface area contributed by atoms with E-state index in [1.54, 1.807) is 18.3 Å². The standard InChI is InChI=1S/C28H33N3OS/c1-20(32)30-28-26(24-11-5-6-12-25(24)33-28)27(23-10-7-15-29-19-23)31-16-13-22(14-17-31)18-21-8-3-2-4-9-21/h2-4,7-10,15,19,22,27H,5-6,11-14,16-18H2,1H3,(H,30,32). The van der Waals surface area contributed by atoms with Crippen molar-refractivity contribution in [2.24, 2.45) is 5.92 Å². The van der Waals surface area contributed by atoms with Gasteiger partial charge in [-0.2, -0.15) is 0 Å². The summed E-state index contributed by atoms with van der Waals surface area (Å²) in [6.45, 7) is 3.76. The number of aryl methyl sites for hydroxylation is 1. The average Bonchev–Trinajstić information content (AvgIpc) is 3.19. The molecule has 1 aromatic carbocycles. The lowest BCUT2D eigenvalue weighted by Gasteiger charge is -2.39. The molecule has 1 N–H and O–H groups in total. The van der Waals surface area contributed by atoms with Crippen LogP contribution in [0.4, 0.5) is 5.00 Å². The summed E-state index contributed by atoms with van der Waals surface area (Å²) < 4.78 is 0. The maximum Gasteiger partial charge on any atom is 0.221 e. The lowest BCUT2D eigenvalue weighted by molar-refractivity contribution is -0.114. The summed E-state index contributed by atoms with van der Waals surface area (Å²) in [6, 6.07) is 15.3. The van der Waals surface area contributed by atoms with Gasteiger partial charge in [-0.15, -0.1) is 11.3 Å². The number of nitrogens with one attached hydrogen (secondary N) is 1.